The minimum Gasteiger partial charge on any atom is -0.457 e. The highest BCUT2D eigenvalue weighted by Gasteiger charge is 2.24. The van der Waals surface area contributed by atoms with Gasteiger partial charge in [-0.05, 0) is 82.5 Å². The normalized spacial score (nSPS) is 15.4. The molecule has 7 nitrogen and oxygen atoms in total. The number of aliphatic hydroxyl groups excluding tert-OH is 1. The standard InChI is InChI=1S/C31H35N5O2/c1-21(2)36-27(14-9-23-15-17-35(18-16-23)22(3)19-37)28(29-30(32)33-20-34-31(29)36)24-10-12-26(13-11-24)38-25-7-5-4-6-8-25/h4-8,10-13,20-23,37H,15-19H2,1-3H3,(H2,32,33,34). The van der Waals surface area contributed by atoms with E-state index in [1.165, 1.54) is 6.33 Å². The molecule has 0 saturated carbocycles. The molecule has 4 aromatic rings. The van der Waals surface area contributed by atoms with E-state index in [1.54, 1.807) is 0 Å². The first-order valence-corrected chi connectivity index (χ1v) is 13.3. The molecular formula is C31H35N5O2. The van der Waals surface area contributed by atoms with Crippen LogP contribution in [-0.2, 0) is 0 Å². The van der Waals surface area contributed by atoms with Crippen molar-refractivity contribution < 1.29 is 9.84 Å². The molecule has 0 bridgehead atoms. The van der Waals surface area contributed by atoms with Crippen LogP contribution < -0.4 is 10.5 Å². The van der Waals surface area contributed by atoms with Crippen molar-refractivity contribution in [2.75, 3.05) is 25.4 Å². The zero-order valence-corrected chi connectivity index (χ0v) is 22.3. The van der Waals surface area contributed by atoms with Crippen molar-refractivity contribution in [1.29, 1.82) is 0 Å². The minimum atomic E-state index is 0.137. The number of nitrogens with two attached hydrogens (primary N) is 1. The summed E-state index contributed by atoms with van der Waals surface area (Å²) < 4.78 is 8.19. The van der Waals surface area contributed by atoms with Gasteiger partial charge in [0.2, 0.25) is 0 Å². The van der Waals surface area contributed by atoms with Crippen LogP contribution in [0.25, 0.3) is 22.2 Å². The van der Waals surface area contributed by atoms with Gasteiger partial charge in [-0.2, -0.15) is 0 Å². The molecule has 3 N–H and O–H groups in total. The van der Waals surface area contributed by atoms with E-state index in [0.29, 0.717) is 11.7 Å². The number of aliphatic hydroxyl groups is 1. The average molecular weight is 510 g/mol. The van der Waals surface area contributed by atoms with Gasteiger partial charge < -0.3 is 20.1 Å². The Morgan fingerprint density at radius 3 is 2.34 bits per heavy atom. The molecular weight excluding hydrogens is 474 g/mol. The van der Waals surface area contributed by atoms with Gasteiger partial charge in [-0.15, -0.1) is 0 Å². The molecule has 3 heterocycles. The predicted molar refractivity (Wildman–Crippen MR) is 152 cm³/mol. The molecule has 0 radical (unpaired) electrons. The van der Waals surface area contributed by atoms with Crippen LogP contribution in [0.15, 0.2) is 60.9 Å². The highest BCUT2D eigenvalue weighted by molar-refractivity contribution is 6.03. The zero-order valence-electron chi connectivity index (χ0n) is 22.3. The lowest BCUT2D eigenvalue weighted by Gasteiger charge is -2.33. The first kappa shape index (κ1) is 25.8. The van der Waals surface area contributed by atoms with Crippen molar-refractivity contribution in [2.24, 2.45) is 5.92 Å². The molecule has 0 aliphatic carbocycles. The second kappa shape index (κ2) is 11.3. The van der Waals surface area contributed by atoms with Gasteiger partial charge in [-0.3, -0.25) is 4.90 Å². The highest BCUT2D eigenvalue weighted by Crippen LogP contribution is 2.39. The number of nitrogens with zero attached hydrogens (tertiary/aromatic N) is 4. The van der Waals surface area contributed by atoms with Gasteiger partial charge in [0.25, 0.3) is 0 Å². The van der Waals surface area contributed by atoms with Gasteiger partial charge in [0.1, 0.15) is 35.0 Å². The minimum absolute atomic E-state index is 0.137. The average Bonchev–Trinajstić information content (AvgIpc) is 3.28. The van der Waals surface area contributed by atoms with Gasteiger partial charge in [0.15, 0.2) is 0 Å². The molecule has 2 aromatic heterocycles. The molecule has 1 atom stereocenters. The summed E-state index contributed by atoms with van der Waals surface area (Å²) in [6.07, 6.45) is 3.50. The van der Waals surface area contributed by atoms with E-state index in [4.69, 9.17) is 10.5 Å². The Morgan fingerprint density at radius 2 is 1.68 bits per heavy atom. The van der Waals surface area contributed by atoms with Crippen LogP contribution in [0.3, 0.4) is 0 Å². The molecule has 7 heteroatoms. The monoisotopic (exact) mass is 509 g/mol. The van der Waals surface area contributed by atoms with E-state index in [1.807, 2.05) is 54.6 Å². The van der Waals surface area contributed by atoms with Crippen molar-refractivity contribution in [3.63, 3.8) is 0 Å². The lowest BCUT2D eigenvalue weighted by Crippen LogP contribution is -2.41. The Hall–Kier alpha value is -3.86. The van der Waals surface area contributed by atoms with Gasteiger partial charge in [0, 0.05) is 23.6 Å². The smallest absolute Gasteiger partial charge is 0.147 e. The number of anilines is 1. The van der Waals surface area contributed by atoms with E-state index >= 15 is 0 Å². The quantitative estimate of drug-likeness (QED) is 0.334. The summed E-state index contributed by atoms with van der Waals surface area (Å²) in [5.74, 6) is 9.42. The molecule has 1 aliphatic heterocycles. The molecule has 5 rings (SSSR count). The summed E-state index contributed by atoms with van der Waals surface area (Å²) in [5, 5.41) is 10.3. The fraction of sp³-hybridized carbons (Fsp3) is 0.355. The Balaban J connectivity index is 1.54. The molecule has 1 saturated heterocycles. The van der Waals surface area contributed by atoms with Crippen LogP contribution in [0, 0.1) is 17.8 Å². The number of fused-ring (bicyclic) bond motifs is 1. The summed E-state index contributed by atoms with van der Waals surface area (Å²) in [6, 6.07) is 18.1. The maximum absolute atomic E-state index is 9.51. The molecule has 1 fully saturated rings. The predicted octanol–water partition coefficient (Wildman–Crippen LogP) is 5.50. The number of ether oxygens (including phenoxy) is 1. The third kappa shape index (κ3) is 5.24. The lowest BCUT2D eigenvalue weighted by molar-refractivity contribution is 0.106. The fourth-order valence-corrected chi connectivity index (χ4v) is 5.15. The number of rotatable bonds is 6. The highest BCUT2D eigenvalue weighted by atomic mass is 16.5. The molecule has 2 aromatic carbocycles. The maximum atomic E-state index is 9.51. The number of aromatic nitrogens is 3. The number of hydrogen-bond donors (Lipinski definition) is 2. The summed E-state index contributed by atoms with van der Waals surface area (Å²) >= 11 is 0. The maximum Gasteiger partial charge on any atom is 0.147 e. The molecule has 1 unspecified atom stereocenters. The summed E-state index contributed by atoms with van der Waals surface area (Å²) in [5.41, 5.74) is 10.1. The molecule has 0 spiro atoms. The van der Waals surface area contributed by atoms with Gasteiger partial charge >= 0.3 is 0 Å². The number of hydrogen-bond acceptors (Lipinski definition) is 6. The first-order chi connectivity index (χ1) is 18.5. The van der Waals surface area contributed by atoms with Gasteiger partial charge in [-0.25, -0.2) is 9.97 Å². The molecule has 0 amide bonds. The number of benzene rings is 2. The zero-order chi connectivity index (χ0) is 26.6. The second-order valence-electron chi connectivity index (χ2n) is 10.2. The number of likely N-dealkylation sites (tertiary alicyclic amines) is 1. The van der Waals surface area contributed by atoms with Crippen molar-refractivity contribution >= 4 is 16.9 Å². The van der Waals surface area contributed by atoms with Crippen molar-refractivity contribution in [1.82, 2.24) is 19.4 Å². The van der Waals surface area contributed by atoms with E-state index in [0.717, 1.165) is 65.3 Å². The molecule has 196 valence electrons. The van der Waals surface area contributed by atoms with Crippen LogP contribution in [0.2, 0.25) is 0 Å². The fourth-order valence-electron chi connectivity index (χ4n) is 5.15. The van der Waals surface area contributed by atoms with E-state index < -0.39 is 0 Å². The number of piperidine rings is 1. The molecule has 1 aliphatic rings. The van der Waals surface area contributed by atoms with E-state index in [2.05, 4.69) is 52.0 Å². The van der Waals surface area contributed by atoms with Gasteiger partial charge in [0.05, 0.1) is 12.0 Å². The third-order valence-electron chi connectivity index (χ3n) is 7.26. The SMILES string of the molecule is CC(CO)N1CCC(C#Cc2c(-c3ccc(Oc4ccccc4)cc3)c3c(N)ncnc3n2C(C)C)CC1. The van der Waals surface area contributed by atoms with Crippen LogP contribution in [-0.4, -0.2) is 50.3 Å². The summed E-state index contributed by atoms with van der Waals surface area (Å²) in [7, 11) is 0. The van der Waals surface area contributed by atoms with Crippen LogP contribution in [0.5, 0.6) is 11.5 Å². The van der Waals surface area contributed by atoms with Crippen LogP contribution in [0.4, 0.5) is 5.82 Å². The van der Waals surface area contributed by atoms with Crippen molar-refractivity contribution in [3.05, 3.63) is 66.6 Å². The summed E-state index contributed by atoms with van der Waals surface area (Å²) in [4.78, 5) is 11.3. The number of para-hydroxylation sites is 1. The molecule has 38 heavy (non-hydrogen) atoms. The van der Waals surface area contributed by atoms with Crippen LogP contribution >= 0.6 is 0 Å². The first-order valence-electron chi connectivity index (χ1n) is 13.3. The Kier molecular flexibility index (Phi) is 7.64. The topological polar surface area (TPSA) is 89.4 Å². The van der Waals surface area contributed by atoms with Crippen molar-refractivity contribution in [2.45, 2.75) is 45.7 Å². The van der Waals surface area contributed by atoms with E-state index in [-0.39, 0.29) is 18.7 Å². The van der Waals surface area contributed by atoms with E-state index in [9.17, 15) is 5.11 Å². The number of nitrogen functional groups attached to an aromatic ring is 1. The van der Waals surface area contributed by atoms with Gasteiger partial charge in [-0.1, -0.05) is 36.3 Å². The Bertz CT molecular complexity index is 1440. The van der Waals surface area contributed by atoms with Crippen LogP contribution in [0.1, 0.15) is 45.3 Å². The van der Waals surface area contributed by atoms with Crippen molar-refractivity contribution in [3.8, 4) is 34.5 Å². The lowest BCUT2D eigenvalue weighted by atomic mass is 9.95. The largest absolute Gasteiger partial charge is 0.457 e. The third-order valence-corrected chi connectivity index (χ3v) is 7.26. The Morgan fingerprint density at radius 1 is 1.00 bits per heavy atom. The Labute approximate surface area is 224 Å². The summed E-state index contributed by atoms with van der Waals surface area (Å²) in [6.45, 7) is 8.42. The second-order valence-corrected chi connectivity index (χ2v) is 10.2.